The van der Waals surface area contributed by atoms with Gasteiger partial charge < -0.3 is 5.32 Å². The predicted octanol–water partition coefficient (Wildman–Crippen LogP) is 4.79. The lowest BCUT2D eigenvalue weighted by Crippen LogP contribution is -2.39. The van der Waals surface area contributed by atoms with Crippen LogP contribution in [0.15, 0.2) is 22.7 Å². The van der Waals surface area contributed by atoms with Crippen LogP contribution in [0.2, 0.25) is 0 Å². The van der Waals surface area contributed by atoms with E-state index in [0.717, 1.165) is 23.9 Å². The molecule has 2 unspecified atom stereocenters. The number of halogens is 2. The molecule has 0 bridgehead atoms. The molecule has 0 radical (unpaired) electrons. The standard InChI is InChI=1S/C16H25BrFN/c1-5-8-19-16(12(4)11(2)3)9-13-6-7-14(18)10-15(13)17/h6-7,10-12,16,19H,5,8-9H2,1-4H3. The summed E-state index contributed by atoms with van der Waals surface area (Å²) in [6, 6.07) is 5.40. The molecule has 1 N–H and O–H groups in total. The molecule has 1 aromatic rings. The summed E-state index contributed by atoms with van der Waals surface area (Å²) in [7, 11) is 0. The monoisotopic (exact) mass is 329 g/mol. The molecular formula is C16H25BrFN. The number of benzene rings is 1. The Balaban J connectivity index is 2.81. The molecule has 2 atom stereocenters. The van der Waals surface area contributed by atoms with E-state index in [1.807, 2.05) is 6.07 Å². The van der Waals surface area contributed by atoms with Gasteiger partial charge in [0.15, 0.2) is 0 Å². The van der Waals surface area contributed by atoms with Gasteiger partial charge in [0.25, 0.3) is 0 Å². The first-order valence-electron chi connectivity index (χ1n) is 7.13. The third-order valence-corrected chi connectivity index (χ3v) is 4.54. The molecule has 0 aliphatic carbocycles. The maximum atomic E-state index is 13.1. The molecule has 3 heteroatoms. The quantitative estimate of drug-likeness (QED) is 0.758. The van der Waals surface area contributed by atoms with Crippen LogP contribution in [0, 0.1) is 17.7 Å². The molecule has 1 rings (SSSR count). The van der Waals surface area contributed by atoms with Crippen molar-refractivity contribution in [3.8, 4) is 0 Å². The average Bonchev–Trinajstić information content (AvgIpc) is 2.36. The van der Waals surface area contributed by atoms with Gasteiger partial charge in [0, 0.05) is 10.5 Å². The lowest BCUT2D eigenvalue weighted by atomic mass is 9.86. The molecule has 0 aliphatic rings. The number of rotatable bonds is 7. The Hall–Kier alpha value is -0.410. The van der Waals surface area contributed by atoms with Crippen LogP contribution in [-0.2, 0) is 6.42 Å². The molecule has 0 heterocycles. The number of hydrogen-bond acceptors (Lipinski definition) is 1. The van der Waals surface area contributed by atoms with E-state index >= 15 is 0 Å². The van der Waals surface area contributed by atoms with Crippen molar-refractivity contribution >= 4 is 15.9 Å². The van der Waals surface area contributed by atoms with E-state index in [1.54, 1.807) is 6.07 Å². The van der Waals surface area contributed by atoms with Crippen molar-refractivity contribution in [2.24, 2.45) is 11.8 Å². The Morgan fingerprint density at radius 3 is 2.47 bits per heavy atom. The zero-order chi connectivity index (χ0) is 14.4. The largest absolute Gasteiger partial charge is 0.313 e. The molecule has 0 fully saturated rings. The zero-order valence-corrected chi connectivity index (χ0v) is 13.9. The van der Waals surface area contributed by atoms with Crippen LogP contribution >= 0.6 is 15.9 Å². The summed E-state index contributed by atoms with van der Waals surface area (Å²) < 4.78 is 14.0. The zero-order valence-electron chi connectivity index (χ0n) is 12.3. The lowest BCUT2D eigenvalue weighted by Gasteiger charge is -2.28. The van der Waals surface area contributed by atoms with E-state index in [4.69, 9.17) is 0 Å². The fourth-order valence-corrected chi connectivity index (χ4v) is 2.68. The summed E-state index contributed by atoms with van der Waals surface area (Å²) in [6.07, 6.45) is 2.06. The van der Waals surface area contributed by atoms with Crippen molar-refractivity contribution in [3.05, 3.63) is 34.1 Å². The highest BCUT2D eigenvalue weighted by atomic mass is 79.9. The van der Waals surface area contributed by atoms with Gasteiger partial charge in [-0.2, -0.15) is 0 Å². The summed E-state index contributed by atoms with van der Waals surface area (Å²) in [5, 5.41) is 3.63. The first-order chi connectivity index (χ1) is 8.95. The van der Waals surface area contributed by atoms with Gasteiger partial charge in [0.2, 0.25) is 0 Å². The summed E-state index contributed by atoms with van der Waals surface area (Å²) >= 11 is 3.46. The van der Waals surface area contributed by atoms with Crippen LogP contribution < -0.4 is 5.32 Å². The van der Waals surface area contributed by atoms with Crippen molar-refractivity contribution < 1.29 is 4.39 Å². The first-order valence-corrected chi connectivity index (χ1v) is 7.92. The second-order valence-corrected chi connectivity index (χ2v) is 6.46. The Morgan fingerprint density at radius 1 is 1.26 bits per heavy atom. The predicted molar refractivity (Wildman–Crippen MR) is 83.9 cm³/mol. The molecule has 1 aromatic carbocycles. The first kappa shape index (κ1) is 16.6. The molecule has 0 spiro atoms. The average molecular weight is 330 g/mol. The molecule has 0 saturated heterocycles. The molecule has 0 amide bonds. The number of hydrogen-bond donors (Lipinski definition) is 1. The maximum Gasteiger partial charge on any atom is 0.124 e. The smallest absolute Gasteiger partial charge is 0.124 e. The molecular weight excluding hydrogens is 305 g/mol. The summed E-state index contributed by atoms with van der Waals surface area (Å²) in [6.45, 7) is 10.0. The highest BCUT2D eigenvalue weighted by Crippen LogP contribution is 2.23. The molecule has 0 aromatic heterocycles. The minimum absolute atomic E-state index is 0.189. The third-order valence-electron chi connectivity index (χ3n) is 3.80. The van der Waals surface area contributed by atoms with Gasteiger partial charge in [0.05, 0.1) is 0 Å². The normalized spacial score (nSPS) is 14.7. The SMILES string of the molecule is CCCNC(Cc1ccc(F)cc1Br)C(C)C(C)C. The van der Waals surface area contributed by atoms with Gasteiger partial charge in [0.1, 0.15) is 5.82 Å². The Labute approximate surface area is 125 Å². The van der Waals surface area contributed by atoms with Crippen molar-refractivity contribution in [1.82, 2.24) is 5.32 Å². The van der Waals surface area contributed by atoms with E-state index in [2.05, 4.69) is 48.9 Å². The fraction of sp³-hybridized carbons (Fsp3) is 0.625. The van der Waals surface area contributed by atoms with E-state index < -0.39 is 0 Å². The van der Waals surface area contributed by atoms with Crippen LogP contribution in [0.4, 0.5) is 4.39 Å². The van der Waals surface area contributed by atoms with E-state index in [1.165, 1.54) is 11.6 Å². The van der Waals surface area contributed by atoms with Crippen molar-refractivity contribution in [1.29, 1.82) is 0 Å². The maximum absolute atomic E-state index is 13.1. The summed E-state index contributed by atoms with van der Waals surface area (Å²) in [5.74, 6) is 1.03. The fourth-order valence-electron chi connectivity index (χ4n) is 2.16. The molecule has 0 aliphatic heterocycles. The van der Waals surface area contributed by atoms with Gasteiger partial charge in [-0.05, 0) is 48.9 Å². The van der Waals surface area contributed by atoms with Crippen LogP contribution in [0.5, 0.6) is 0 Å². The Kier molecular flexibility index (Phi) is 7.01. The third kappa shape index (κ3) is 5.23. The van der Waals surface area contributed by atoms with Crippen LogP contribution in [-0.4, -0.2) is 12.6 Å². The van der Waals surface area contributed by atoms with E-state index in [-0.39, 0.29) is 5.82 Å². The van der Waals surface area contributed by atoms with Crippen LogP contribution in [0.3, 0.4) is 0 Å². The van der Waals surface area contributed by atoms with Crippen LogP contribution in [0.25, 0.3) is 0 Å². The van der Waals surface area contributed by atoms with Gasteiger partial charge in [-0.15, -0.1) is 0 Å². The summed E-state index contributed by atoms with van der Waals surface area (Å²) in [4.78, 5) is 0. The molecule has 1 nitrogen and oxygen atoms in total. The van der Waals surface area contributed by atoms with Gasteiger partial charge >= 0.3 is 0 Å². The highest BCUT2D eigenvalue weighted by Gasteiger charge is 2.20. The molecule has 19 heavy (non-hydrogen) atoms. The molecule has 108 valence electrons. The van der Waals surface area contributed by atoms with Gasteiger partial charge in [-0.1, -0.05) is 49.7 Å². The number of nitrogens with one attached hydrogen (secondary N) is 1. The Bertz CT molecular complexity index is 392. The molecule has 0 saturated carbocycles. The van der Waals surface area contributed by atoms with E-state index in [9.17, 15) is 4.39 Å². The topological polar surface area (TPSA) is 12.0 Å². The lowest BCUT2D eigenvalue weighted by molar-refractivity contribution is 0.296. The minimum atomic E-state index is -0.189. The van der Waals surface area contributed by atoms with Crippen molar-refractivity contribution in [2.75, 3.05) is 6.54 Å². The van der Waals surface area contributed by atoms with Gasteiger partial charge in [-0.25, -0.2) is 4.39 Å². The van der Waals surface area contributed by atoms with E-state index in [0.29, 0.717) is 17.9 Å². The second kappa shape index (κ2) is 8.01. The Morgan fingerprint density at radius 2 is 1.95 bits per heavy atom. The van der Waals surface area contributed by atoms with Crippen LogP contribution in [0.1, 0.15) is 39.7 Å². The minimum Gasteiger partial charge on any atom is -0.313 e. The van der Waals surface area contributed by atoms with Gasteiger partial charge in [-0.3, -0.25) is 0 Å². The summed E-state index contributed by atoms with van der Waals surface area (Å²) in [5.41, 5.74) is 1.17. The van der Waals surface area contributed by atoms with Crippen molar-refractivity contribution in [3.63, 3.8) is 0 Å². The second-order valence-electron chi connectivity index (χ2n) is 5.60. The van der Waals surface area contributed by atoms with Crippen molar-refractivity contribution in [2.45, 2.75) is 46.6 Å². The highest BCUT2D eigenvalue weighted by molar-refractivity contribution is 9.10.